The van der Waals surface area contributed by atoms with Crippen LogP contribution in [-0.2, 0) is 19.4 Å². The van der Waals surface area contributed by atoms with E-state index in [1.807, 2.05) is 5.32 Å². The van der Waals surface area contributed by atoms with Crippen molar-refractivity contribution in [1.82, 2.24) is 10.6 Å². The van der Waals surface area contributed by atoms with E-state index in [2.05, 4.69) is 5.32 Å². The normalized spacial score (nSPS) is 13.0. The Labute approximate surface area is 104 Å². The van der Waals surface area contributed by atoms with Gasteiger partial charge >= 0.3 is 12.0 Å². The molecule has 3 amide bonds. The lowest BCUT2D eigenvalue weighted by Crippen LogP contribution is -2.45. The molecule has 0 heterocycles. The predicted octanol–water partition coefficient (Wildman–Crippen LogP) is -1.11. The van der Waals surface area contributed by atoms with Crippen molar-refractivity contribution in [2.24, 2.45) is 0 Å². The van der Waals surface area contributed by atoms with Gasteiger partial charge in [0.15, 0.2) is 0 Å². The Hall–Kier alpha value is -1.90. The maximum absolute atomic E-state index is 11.2. The fraction of sp³-hybridized carbons (Fsp3) is 0.444. The molecule has 0 saturated heterocycles. The van der Waals surface area contributed by atoms with Gasteiger partial charge in [-0.1, -0.05) is 0 Å². The zero-order chi connectivity index (χ0) is 14.3. The maximum atomic E-state index is 11.2. The third-order valence-electron chi connectivity index (χ3n) is 1.54. The van der Waals surface area contributed by atoms with Crippen LogP contribution in [-0.4, -0.2) is 49.5 Å². The zero-order valence-electron chi connectivity index (χ0n) is 9.84. The van der Waals surface area contributed by atoms with Crippen LogP contribution in [0, 0.1) is 0 Å². The number of carbonyl (C=O) groups is 3. The van der Waals surface area contributed by atoms with Crippen molar-refractivity contribution in [3.63, 3.8) is 0 Å². The van der Waals surface area contributed by atoms with Crippen molar-refractivity contribution in [1.29, 1.82) is 0 Å². The van der Waals surface area contributed by atoms with E-state index in [-0.39, 0.29) is 5.75 Å². The minimum atomic E-state index is -3.24. The largest absolute Gasteiger partial charge is 0.478 e. The number of imide groups is 1. The highest BCUT2D eigenvalue weighted by Crippen LogP contribution is 1.89. The molecule has 0 bridgehead atoms. The van der Waals surface area contributed by atoms with Gasteiger partial charge in [-0.25, -0.2) is 18.0 Å². The second-order valence-electron chi connectivity index (χ2n) is 3.63. The summed E-state index contributed by atoms with van der Waals surface area (Å²) in [5.74, 6) is -2.50. The van der Waals surface area contributed by atoms with E-state index in [9.17, 15) is 22.8 Å². The number of nitrogens with one attached hydrogen (secondary N) is 2. The summed E-state index contributed by atoms with van der Waals surface area (Å²) in [4.78, 5) is 32.2. The van der Waals surface area contributed by atoms with Crippen molar-refractivity contribution < 1.29 is 27.9 Å². The van der Waals surface area contributed by atoms with Crippen LogP contribution in [0.1, 0.15) is 6.92 Å². The molecule has 0 radical (unpaired) electrons. The number of urea groups is 1. The third kappa shape index (κ3) is 9.33. The van der Waals surface area contributed by atoms with Gasteiger partial charge in [0.2, 0.25) is 0 Å². The Morgan fingerprint density at radius 2 is 1.83 bits per heavy atom. The lowest BCUT2D eigenvalue weighted by Gasteiger charge is -2.12. The summed E-state index contributed by atoms with van der Waals surface area (Å²) in [6.07, 6.45) is 2.26. The summed E-state index contributed by atoms with van der Waals surface area (Å²) in [5, 5.41) is 12.3. The molecule has 0 aliphatic carbocycles. The van der Waals surface area contributed by atoms with Crippen LogP contribution in [0.15, 0.2) is 12.2 Å². The lowest BCUT2D eigenvalue weighted by molar-refractivity contribution is -0.131. The summed E-state index contributed by atoms with van der Waals surface area (Å²) in [5.41, 5.74) is 0. The summed E-state index contributed by atoms with van der Waals surface area (Å²) in [6.45, 7) is 1.46. The van der Waals surface area contributed by atoms with Gasteiger partial charge in [0.25, 0.3) is 5.91 Å². The monoisotopic (exact) mass is 278 g/mol. The quantitative estimate of drug-likeness (QED) is 0.546. The molecule has 102 valence electrons. The average Bonchev–Trinajstić information content (AvgIpc) is 2.10. The summed E-state index contributed by atoms with van der Waals surface area (Å²) in [6, 6.07) is -1.57. The van der Waals surface area contributed by atoms with Crippen molar-refractivity contribution in [3.8, 4) is 0 Å². The van der Waals surface area contributed by atoms with Crippen LogP contribution < -0.4 is 10.6 Å². The second kappa shape index (κ2) is 6.74. The molecule has 0 aliphatic heterocycles. The van der Waals surface area contributed by atoms with Crippen molar-refractivity contribution >= 4 is 27.7 Å². The van der Waals surface area contributed by atoms with Crippen molar-refractivity contribution in [3.05, 3.63) is 12.2 Å². The Kier molecular flexibility index (Phi) is 6.03. The first-order valence-corrected chi connectivity index (χ1v) is 6.86. The smallest absolute Gasteiger partial charge is 0.328 e. The molecule has 0 aliphatic rings. The van der Waals surface area contributed by atoms with E-state index in [4.69, 9.17) is 5.11 Å². The highest BCUT2D eigenvalue weighted by molar-refractivity contribution is 7.90. The molecule has 0 aromatic carbocycles. The molecule has 0 rings (SSSR count). The molecule has 18 heavy (non-hydrogen) atoms. The highest BCUT2D eigenvalue weighted by Gasteiger charge is 2.13. The fourth-order valence-corrected chi connectivity index (χ4v) is 2.05. The molecule has 1 atom stereocenters. The Bertz CT molecular complexity index is 467. The summed E-state index contributed by atoms with van der Waals surface area (Å²) >= 11 is 0. The number of hydrogen-bond donors (Lipinski definition) is 3. The van der Waals surface area contributed by atoms with Crippen molar-refractivity contribution in [2.75, 3.05) is 12.0 Å². The first-order valence-electron chi connectivity index (χ1n) is 4.80. The van der Waals surface area contributed by atoms with E-state index in [1.165, 1.54) is 6.92 Å². The van der Waals surface area contributed by atoms with Gasteiger partial charge in [0, 0.05) is 24.4 Å². The zero-order valence-corrected chi connectivity index (χ0v) is 10.7. The van der Waals surface area contributed by atoms with E-state index < -0.39 is 33.8 Å². The molecular weight excluding hydrogens is 264 g/mol. The Morgan fingerprint density at radius 1 is 1.28 bits per heavy atom. The molecule has 0 saturated carbocycles. The van der Waals surface area contributed by atoms with E-state index in [0.717, 1.165) is 6.26 Å². The molecule has 0 aromatic rings. The summed E-state index contributed by atoms with van der Waals surface area (Å²) in [7, 11) is -3.24. The van der Waals surface area contributed by atoms with Gasteiger partial charge in [-0.3, -0.25) is 10.1 Å². The van der Waals surface area contributed by atoms with E-state index in [1.54, 1.807) is 0 Å². The van der Waals surface area contributed by atoms with Crippen LogP contribution in [0.4, 0.5) is 4.79 Å². The molecular formula is C9H14N2O6S. The van der Waals surface area contributed by atoms with E-state index >= 15 is 0 Å². The number of carbonyl (C=O) groups excluding carboxylic acids is 2. The molecule has 8 nitrogen and oxygen atoms in total. The number of carboxylic acids is 1. The number of aliphatic carboxylic acids is 1. The fourth-order valence-electron chi connectivity index (χ4n) is 1.06. The molecule has 0 fully saturated rings. The predicted molar refractivity (Wildman–Crippen MR) is 62.6 cm³/mol. The minimum Gasteiger partial charge on any atom is -0.478 e. The number of amides is 3. The second-order valence-corrected chi connectivity index (χ2v) is 5.81. The number of sulfone groups is 1. The third-order valence-corrected chi connectivity index (χ3v) is 2.65. The first-order chi connectivity index (χ1) is 8.10. The van der Waals surface area contributed by atoms with Gasteiger partial charge in [-0.15, -0.1) is 0 Å². The Balaban J connectivity index is 4.20. The Morgan fingerprint density at radius 3 is 2.28 bits per heavy atom. The minimum absolute atomic E-state index is 0.264. The van der Waals surface area contributed by atoms with Gasteiger partial charge in [-0.2, -0.15) is 0 Å². The topological polar surface area (TPSA) is 130 Å². The van der Waals surface area contributed by atoms with Gasteiger partial charge in [0.1, 0.15) is 9.84 Å². The number of carboxylic acid groups (broad SMARTS) is 1. The van der Waals surface area contributed by atoms with Crippen LogP contribution in [0.5, 0.6) is 0 Å². The molecule has 0 spiro atoms. The van der Waals surface area contributed by atoms with Crippen LogP contribution in [0.2, 0.25) is 0 Å². The van der Waals surface area contributed by atoms with Crippen molar-refractivity contribution in [2.45, 2.75) is 13.0 Å². The van der Waals surface area contributed by atoms with E-state index in [0.29, 0.717) is 12.2 Å². The molecule has 0 aromatic heterocycles. The molecule has 9 heteroatoms. The van der Waals surface area contributed by atoms with Gasteiger partial charge < -0.3 is 10.4 Å². The first kappa shape index (κ1) is 16.1. The SMILES string of the molecule is CC(CS(C)(=O)=O)NC(=O)NC(=O)C=CC(=O)O. The average molecular weight is 278 g/mol. The molecule has 1 unspecified atom stereocenters. The molecule has 3 N–H and O–H groups in total. The van der Waals surface area contributed by atoms with Crippen LogP contribution >= 0.6 is 0 Å². The highest BCUT2D eigenvalue weighted by atomic mass is 32.2. The van der Waals surface area contributed by atoms with Gasteiger partial charge in [0.05, 0.1) is 5.75 Å². The lowest BCUT2D eigenvalue weighted by atomic mass is 10.4. The van der Waals surface area contributed by atoms with Gasteiger partial charge in [-0.05, 0) is 6.92 Å². The van der Waals surface area contributed by atoms with Crippen LogP contribution in [0.3, 0.4) is 0 Å². The maximum Gasteiger partial charge on any atom is 0.328 e. The van der Waals surface area contributed by atoms with Crippen LogP contribution in [0.25, 0.3) is 0 Å². The standard InChI is InChI=1S/C9H14N2O6S/c1-6(5-18(2,16)17)10-9(15)11-7(12)3-4-8(13)14/h3-4,6H,5H2,1-2H3,(H,13,14)(H2,10,11,12,15). The summed E-state index contributed by atoms with van der Waals surface area (Å²) < 4.78 is 21.8. The number of hydrogen-bond acceptors (Lipinski definition) is 5. The number of rotatable bonds is 5.